The van der Waals surface area contributed by atoms with E-state index in [4.69, 9.17) is 4.74 Å². The molecular formula is C19H20BrN3O3. The molecule has 7 heteroatoms. The number of nitrogens with zero attached hydrogens (tertiary/aromatic N) is 2. The van der Waals surface area contributed by atoms with Crippen molar-refractivity contribution in [3.63, 3.8) is 0 Å². The Balaban J connectivity index is 1.87. The van der Waals surface area contributed by atoms with E-state index in [9.17, 15) is 9.59 Å². The SMILES string of the molecule is CC(C)(C)OC(=O)N1c2ccccc2CC1C(=O)Nc1cccc(Br)n1. The molecule has 1 N–H and O–H groups in total. The van der Waals surface area contributed by atoms with Gasteiger partial charge in [-0.05, 0) is 60.5 Å². The summed E-state index contributed by atoms with van der Waals surface area (Å²) < 4.78 is 6.13. The van der Waals surface area contributed by atoms with Crippen LogP contribution in [-0.2, 0) is 16.0 Å². The van der Waals surface area contributed by atoms with Crippen LogP contribution in [0, 0.1) is 0 Å². The summed E-state index contributed by atoms with van der Waals surface area (Å²) in [6, 6.07) is 12.0. The van der Waals surface area contributed by atoms with Gasteiger partial charge in [0.15, 0.2) is 0 Å². The van der Waals surface area contributed by atoms with E-state index in [2.05, 4.69) is 26.2 Å². The molecule has 2 aromatic rings. The zero-order valence-corrected chi connectivity index (χ0v) is 16.4. The van der Waals surface area contributed by atoms with Crippen LogP contribution in [0.4, 0.5) is 16.3 Å². The lowest BCUT2D eigenvalue weighted by atomic mass is 10.1. The van der Waals surface area contributed by atoms with Gasteiger partial charge in [-0.3, -0.25) is 9.69 Å². The number of aromatic nitrogens is 1. The van der Waals surface area contributed by atoms with Crippen molar-refractivity contribution in [2.45, 2.75) is 38.8 Å². The number of carbonyl (C=O) groups excluding carboxylic acids is 2. The Labute approximate surface area is 160 Å². The van der Waals surface area contributed by atoms with E-state index < -0.39 is 17.7 Å². The number of anilines is 2. The fourth-order valence-electron chi connectivity index (χ4n) is 2.82. The van der Waals surface area contributed by atoms with E-state index in [0.717, 1.165) is 5.56 Å². The largest absolute Gasteiger partial charge is 0.443 e. The predicted molar refractivity (Wildman–Crippen MR) is 103 cm³/mol. The normalized spacial score (nSPS) is 16.2. The number of carbonyl (C=O) groups is 2. The first-order chi connectivity index (χ1) is 12.2. The second-order valence-electron chi connectivity index (χ2n) is 7.03. The zero-order chi connectivity index (χ0) is 18.9. The maximum atomic E-state index is 12.9. The molecule has 1 aliphatic rings. The summed E-state index contributed by atoms with van der Waals surface area (Å²) in [5, 5.41) is 2.78. The highest BCUT2D eigenvalue weighted by Crippen LogP contribution is 2.33. The lowest BCUT2D eigenvalue weighted by Gasteiger charge is -2.28. The summed E-state index contributed by atoms with van der Waals surface area (Å²) in [5.74, 6) is 0.113. The highest BCUT2D eigenvalue weighted by Gasteiger charge is 2.40. The van der Waals surface area contributed by atoms with E-state index >= 15 is 0 Å². The maximum Gasteiger partial charge on any atom is 0.415 e. The van der Waals surface area contributed by atoms with Gasteiger partial charge in [0.1, 0.15) is 22.1 Å². The summed E-state index contributed by atoms with van der Waals surface area (Å²) in [6.45, 7) is 5.40. The number of fused-ring (bicyclic) bond motifs is 1. The Kier molecular flexibility index (Phi) is 5.00. The van der Waals surface area contributed by atoms with Gasteiger partial charge < -0.3 is 10.1 Å². The first kappa shape index (κ1) is 18.4. The van der Waals surface area contributed by atoms with Crippen LogP contribution in [0.3, 0.4) is 0 Å². The minimum atomic E-state index is -0.692. The maximum absolute atomic E-state index is 12.9. The molecule has 26 heavy (non-hydrogen) atoms. The van der Waals surface area contributed by atoms with Gasteiger partial charge in [0.25, 0.3) is 0 Å². The van der Waals surface area contributed by atoms with Crippen LogP contribution in [0.1, 0.15) is 26.3 Å². The van der Waals surface area contributed by atoms with Gasteiger partial charge in [-0.1, -0.05) is 24.3 Å². The van der Waals surface area contributed by atoms with Gasteiger partial charge in [0.2, 0.25) is 5.91 Å². The topological polar surface area (TPSA) is 71.5 Å². The van der Waals surface area contributed by atoms with Gasteiger partial charge in [-0.15, -0.1) is 0 Å². The Hall–Kier alpha value is -2.41. The van der Waals surface area contributed by atoms with Crippen LogP contribution in [0.15, 0.2) is 47.1 Å². The molecule has 1 unspecified atom stereocenters. The Morgan fingerprint density at radius 3 is 2.62 bits per heavy atom. The highest BCUT2D eigenvalue weighted by molar-refractivity contribution is 9.10. The molecule has 6 nitrogen and oxygen atoms in total. The Morgan fingerprint density at radius 1 is 1.19 bits per heavy atom. The first-order valence-corrected chi connectivity index (χ1v) is 9.07. The van der Waals surface area contributed by atoms with Crippen molar-refractivity contribution in [1.29, 1.82) is 0 Å². The van der Waals surface area contributed by atoms with E-state index in [0.29, 0.717) is 22.5 Å². The molecule has 2 heterocycles. The Morgan fingerprint density at radius 2 is 1.92 bits per heavy atom. The lowest BCUT2D eigenvalue weighted by Crippen LogP contribution is -2.47. The van der Waals surface area contributed by atoms with Crippen LogP contribution in [0.2, 0.25) is 0 Å². The summed E-state index contributed by atoms with van der Waals surface area (Å²) >= 11 is 3.28. The molecule has 1 aliphatic heterocycles. The van der Waals surface area contributed by atoms with Crippen LogP contribution >= 0.6 is 15.9 Å². The number of halogens is 1. The molecule has 3 rings (SSSR count). The molecule has 0 fully saturated rings. The van der Waals surface area contributed by atoms with Crippen LogP contribution in [0.5, 0.6) is 0 Å². The molecular weight excluding hydrogens is 398 g/mol. The van der Waals surface area contributed by atoms with E-state index in [1.165, 1.54) is 4.90 Å². The third-order valence-corrected chi connectivity index (χ3v) is 4.28. The molecule has 0 spiro atoms. The number of ether oxygens (including phenoxy) is 1. The minimum absolute atomic E-state index is 0.308. The number of nitrogens with one attached hydrogen (secondary N) is 1. The van der Waals surface area contributed by atoms with Crippen LogP contribution in [-0.4, -0.2) is 28.6 Å². The van der Waals surface area contributed by atoms with Crippen molar-refractivity contribution in [2.75, 3.05) is 10.2 Å². The average Bonchev–Trinajstić information content (AvgIpc) is 2.93. The highest BCUT2D eigenvalue weighted by atomic mass is 79.9. The second-order valence-corrected chi connectivity index (χ2v) is 7.85. The zero-order valence-electron chi connectivity index (χ0n) is 14.8. The van der Waals surface area contributed by atoms with Crippen molar-refractivity contribution in [2.24, 2.45) is 0 Å². The number of para-hydroxylation sites is 1. The quantitative estimate of drug-likeness (QED) is 0.744. The molecule has 136 valence electrons. The fraction of sp³-hybridized carbons (Fsp3) is 0.316. The number of hydrogen-bond donors (Lipinski definition) is 1. The molecule has 0 saturated carbocycles. The van der Waals surface area contributed by atoms with Crippen LogP contribution in [0.25, 0.3) is 0 Å². The molecule has 1 aromatic carbocycles. The minimum Gasteiger partial charge on any atom is -0.443 e. The molecule has 0 bridgehead atoms. The molecule has 0 saturated heterocycles. The van der Waals surface area contributed by atoms with Gasteiger partial charge in [-0.2, -0.15) is 0 Å². The smallest absolute Gasteiger partial charge is 0.415 e. The summed E-state index contributed by atoms with van der Waals surface area (Å²) in [7, 11) is 0. The summed E-state index contributed by atoms with van der Waals surface area (Å²) in [4.78, 5) is 31.2. The third kappa shape index (κ3) is 4.04. The average molecular weight is 418 g/mol. The van der Waals surface area contributed by atoms with Crippen molar-refractivity contribution in [1.82, 2.24) is 4.98 Å². The van der Waals surface area contributed by atoms with Crippen molar-refractivity contribution in [3.05, 3.63) is 52.6 Å². The number of hydrogen-bond acceptors (Lipinski definition) is 4. The monoisotopic (exact) mass is 417 g/mol. The van der Waals surface area contributed by atoms with E-state index in [1.807, 2.05) is 24.3 Å². The third-order valence-electron chi connectivity index (χ3n) is 3.84. The molecule has 0 aliphatic carbocycles. The number of amides is 2. The van der Waals surface area contributed by atoms with Gasteiger partial charge >= 0.3 is 6.09 Å². The second kappa shape index (κ2) is 7.07. The number of benzene rings is 1. The molecule has 0 radical (unpaired) electrons. The first-order valence-electron chi connectivity index (χ1n) is 8.28. The molecule has 1 aromatic heterocycles. The van der Waals surface area contributed by atoms with Crippen molar-refractivity contribution in [3.8, 4) is 0 Å². The molecule has 2 amide bonds. The van der Waals surface area contributed by atoms with Gasteiger partial charge in [0.05, 0.1) is 5.69 Å². The van der Waals surface area contributed by atoms with Crippen molar-refractivity contribution < 1.29 is 14.3 Å². The van der Waals surface area contributed by atoms with E-state index in [1.54, 1.807) is 39.0 Å². The Bertz CT molecular complexity index is 848. The number of pyridine rings is 1. The van der Waals surface area contributed by atoms with Gasteiger partial charge in [0, 0.05) is 6.42 Å². The van der Waals surface area contributed by atoms with Gasteiger partial charge in [-0.25, -0.2) is 9.78 Å². The van der Waals surface area contributed by atoms with E-state index in [-0.39, 0.29) is 5.91 Å². The fourth-order valence-corrected chi connectivity index (χ4v) is 3.16. The lowest BCUT2D eigenvalue weighted by molar-refractivity contribution is -0.117. The number of rotatable bonds is 2. The van der Waals surface area contributed by atoms with Crippen LogP contribution < -0.4 is 10.2 Å². The van der Waals surface area contributed by atoms with Crippen molar-refractivity contribution >= 4 is 39.4 Å². The predicted octanol–water partition coefficient (Wildman–Crippen LogP) is 4.15. The molecule has 1 atom stereocenters. The summed E-state index contributed by atoms with van der Waals surface area (Å²) in [5.41, 5.74) is 0.978. The standard InChI is InChI=1S/C19H20BrN3O3/c1-19(2,3)26-18(25)23-13-8-5-4-7-12(13)11-14(23)17(24)22-16-10-6-9-15(20)21-16/h4-10,14H,11H2,1-3H3,(H,21,22,24). The summed E-state index contributed by atoms with van der Waals surface area (Å²) in [6.07, 6.45) is -0.111.